The van der Waals surface area contributed by atoms with Gasteiger partial charge < -0.3 is 14.7 Å². The third-order valence-electron chi connectivity index (χ3n) is 3.88. The second-order valence-corrected chi connectivity index (χ2v) is 5.77. The summed E-state index contributed by atoms with van der Waals surface area (Å²) in [4.78, 5) is 4.88. The van der Waals surface area contributed by atoms with Gasteiger partial charge in [0.25, 0.3) is 0 Å². The Bertz CT molecular complexity index is 386. The van der Waals surface area contributed by atoms with E-state index in [0.29, 0.717) is 13.2 Å². The number of ether oxygens (including phenoxy) is 1. The summed E-state index contributed by atoms with van der Waals surface area (Å²) < 4.78 is 5.61. The summed E-state index contributed by atoms with van der Waals surface area (Å²) in [5.74, 6) is 0.821. The lowest BCUT2D eigenvalue weighted by Crippen LogP contribution is -2.38. The van der Waals surface area contributed by atoms with Crippen molar-refractivity contribution in [2.75, 3.05) is 45.9 Å². The zero-order valence-electron chi connectivity index (χ0n) is 13.1. The van der Waals surface area contributed by atoms with Crippen molar-refractivity contribution in [3.05, 3.63) is 30.3 Å². The van der Waals surface area contributed by atoms with E-state index in [4.69, 9.17) is 4.74 Å². The Morgan fingerprint density at radius 1 is 1.10 bits per heavy atom. The van der Waals surface area contributed by atoms with Crippen molar-refractivity contribution in [1.29, 1.82) is 0 Å². The second kappa shape index (κ2) is 9.03. The van der Waals surface area contributed by atoms with Gasteiger partial charge in [-0.1, -0.05) is 25.1 Å². The van der Waals surface area contributed by atoms with Crippen LogP contribution in [-0.2, 0) is 0 Å². The minimum Gasteiger partial charge on any atom is -0.491 e. The van der Waals surface area contributed by atoms with E-state index in [-0.39, 0.29) is 0 Å². The molecule has 4 nitrogen and oxygen atoms in total. The van der Waals surface area contributed by atoms with Crippen LogP contribution in [0.2, 0.25) is 0 Å². The van der Waals surface area contributed by atoms with Gasteiger partial charge in [0, 0.05) is 19.6 Å². The number of hydrogen-bond acceptors (Lipinski definition) is 4. The summed E-state index contributed by atoms with van der Waals surface area (Å²) in [6.07, 6.45) is 1.97. The molecule has 21 heavy (non-hydrogen) atoms. The highest BCUT2D eigenvalue weighted by Crippen LogP contribution is 2.09. The smallest absolute Gasteiger partial charge is 0.119 e. The summed E-state index contributed by atoms with van der Waals surface area (Å²) in [6, 6.07) is 9.68. The highest BCUT2D eigenvalue weighted by Gasteiger charge is 2.17. The van der Waals surface area contributed by atoms with Crippen molar-refractivity contribution in [2.45, 2.75) is 25.9 Å². The predicted octanol–water partition coefficient (Wildman–Crippen LogP) is 1.84. The maximum atomic E-state index is 10.1. The van der Waals surface area contributed by atoms with Crippen LogP contribution in [0, 0.1) is 0 Å². The minimum atomic E-state index is -0.428. The number of aliphatic hydroxyl groups excluding tert-OH is 1. The molecular weight excluding hydrogens is 264 g/mol. The van der Waals surface area contributed by atoms with Crippen molar-refractivity contribution >= 4 is 0 Å². The van der Waals surface area contributed by atoms with Gasteiger partial charge in [-0.2, -0.15) is 0 Å². The molecule has 1 fully saturated rings. The van der Waals surface area contributed by atoms with Crippen LogP contribution in [0.5, 0.6) is 5.75 Å². The average molecular weight is 292 g/mol. The van der Waals surface area contributed by atoms with Crippen LogP contribution in [0.3, 0.4) is 0 Å². The quantitative estimate of drug-likeness (QED) is 0.832. The zero-order valence-corrected chi connectivity index (χ0v) is 13.1. The summed E-state index contributed by atoms with van der Waals surface area (Å²) in [5, 5.41) is 10.1. The van der Waals surface area contributed by atoms with E-state index in [1.54, 1.807) is 0 Å². The molecule has 0 amide bonds. The summed E-state index contributed by atoms with van der Waals surface area (Å²) in [6.45, 7) is 8.89. The lowest BCUT2D eigenvalue weighted by atomic mass is 10.3. The number of rotatable bonds is 7. The molecule has 0 spiro atoms. The molecule has 2 rings (SSSR count). The topological polar surface area (TPSA) is 35.9 Å². The average Bonchev–Trinajstić information content (AvgIpc) is 2.72. The van der Waals surface area contributed by atoms with Crippen molar-refractivity contribution < 1.29 is 9.84 Å². The van der Waals surface area contributed by atoms with Crippen molar-refractivity contribution in [1.82, 2.24) is 9.80 Å². The largest absolute Gasteiger partial charge is 0.491 e. The molecule has 1 aromatic rings. The number of aliphatic hydroxyl groups is 1. The monoisotopic (exact) mass is 292 g/mol. The van der Waals surface area contributed by atoms with Gasteiger partial charge in [-0.25, -0.2) is 0 Å². The summed E-state index contributed by atoms with van der Waals surface area (Å²) >= 11 is 0. The van der Waals surface area contributed by atoms with Gasteiger partial charge in [0.15, 0.2) is 0 Å². The maximum Gasteiger partial charge on any atom is 0.119 e. The number of hydrogen-bond donors (Lipinski definition) is 1. The first-order valence-electron chi connectivity index (χ1n) is 8.08. The molecule has 1 unspecified atom stereocenters. The Hall–Kier alpha value is -1.10. The number of para-hydroxylation sites is 1. The van der Waals surface area contributed by atoms with E-state index in [0.717, 1.165) is 25.4 Å². The first kappa shape index (κ1) is 16.3. The third-order valence-corrected chi connectivity index (χ3v) is 3.88. The van der Waals surface area contributed by atoms with Gasteiger partial charge in [0.05, 0.1) is 0 Å². The third kappa shape index (κ3) is 6.04. The predicted molar refractivity (Wildman–Crippen MR) is 85.7 cm³/mol. The fraction of sp³-hybridized carbons (Fsp3) is 0.647. The lowest BCUT2D eigenvalue weighted by molar-refractivity contribution is 0.0693. The summed E-state index contributed by atoms with van der Waals surface area (Å²) in [5.41, 5.74) is 0. The SMILES string of the molecule is CCCN1CCCN(CC(O)COc2ccccc2)CC1. The molecule has 0 aromatic heterocycles. The van der Waals surface area contributed by atoms with Gasteiger partial charge >= 0.3 is 0 Å². The molecule has 1 atom stereocenters. The molecule has 1 saturated heterocycles. The molecule has 1 heterocycles. The molecule has 0 saturated carbocycles. The highest BCUT2D eigenvalue weighted by molar-refractivity contribution is 5.20. The molecular formula is C17H28N2O2. The van der Waals surface area contributed by atoms with Crippen molar-refractivity contribution in [2.24, 2.45) is 0 Å². The number of β-amino-alcohol motifs (C(OH)–C–C–N with tert-alkyl or cyclic N) is 1. The molecule has 1 aliphatic heterocycles. The number of benzene rings is 1. The maximum absolute atomic E-state index is 10.1. The van der Waals surface area contributed by atoms with Gasteiger partial charge in [0.1, 0.15) is 18.5 Å². The van der Waals surface area contributed by atoms with Crippen molar-refractivity contribution in [3.63, 3.8) is 0 Å². The molecule has 0 bridgehead atoms. The van der Waals surface area contributed by atoms with Gasteiger partial charge in [0.2, 0.25) is 0 Å². The van der Waals surface area contributed by atoms with Crippen LogP contribution in [0.4, 0.5) is 0 Å². The van der Waals surface area contributed by atoms with Gasteiger partial charge in [-0.05, 0) is 44.6 Å². The van der Waals surface area contributed by atoms with Gasteiger partial charge in [-0.3, -0.25) is 4.90 Å². The molecule has 1 N–H and O–H groups in total. The first-order valence-corrected chi connectivity index (χ1v) is 8.08. The van der Waals surface area contributed by atoms with E-state index in [1.165, 1.54) is 25.9 Å². The first-order chi connectivity index (χ1) is 10.3. The fourth-order valence-corrected chi connectivity index (χ4v) is 2.81. The van der Waals surface area contributed by atoms with Crippen LogP contribution in [-0.4, -0.2) is 66.9 Å². The Morgan fingerprint density at radius 2 is 1.81 bits per heavy atom. The Balaban J connectivity index is 1.68. The van der Waals surface area contributed by atoms with Crippen LogP contribution in [0.1, 0.15) is 19.8 Å². The summed E-state index contributed by atoms with van der Waals surface area (Å²) in [7, 11) is 0. The van der Waals surface area contributed by atoms with Crippen LogP contribution < -0.4 is 4.74 Å². The van der Waals surface area contributed by atoms with E-state index in [9.17, 15) is 5.11 Å². The van der Waals surface area contributed by atoms with Crippen molar-refractivity contribution in [3.8, 4) is 5.75 Å². The Morgan fingerprint density at radius 3 is 2.57 bits per heavy atom. The molecule has 4 heteroatoms. The standard InChI is InChI=1S/C17H28N2O2/c1-2-9-18-10-6-11-19(13-12-18)14-16(20)15-21-17-7-4-3-5-8-17/h3-5,7-8,16,20H,2,6,9-15H2,1H3. The van der Waals surface area contributed by atoms with Gasteiger partial charge in [-0.15, -0.1) is 0 Å². The molecule has 1 aliphatic rings. The fourth-order valence-electron chi connectivity index (χ4n) is 2.81. The van der Waals surface area contributed by atoms with E-state index < -0.39 is 6.10 Å². The molecule has 118 valence electrons. The van der Waals surface area contributed by atoms with Crippen LogP contribution in [0.25, 0.3) is 0 Å². The lowest BCUT2D eigenvalue weighted by Gasteiger charge is -2.24. The van der Waals surface area contributed by atoms with E-state index in [2.05, 4.69) is 16.7 Å². The molecule has 0 aliphatic carbocycles. The molecule has 0 radical (unpaired) electrons. The second-order valence-electron chi connectivity index (χ2n) is 5.77. The number of nitrogens with zero attached hydrogens (tertiary/aromatic N) is 2. The van der Waals surface area contributed by atoms with E-state index >= 15 is 0 Å². The zero-order chi connectivity index (χ0) is 14.9. The highest BCUT2D eigenvalue weighted by atomic mass is 16.5. The van der Waals surface area contributed by atoms with Crippen LogP contribution in [0.15, 0.2) is 30.3 Å². The van der Waals surface area contributed by atoms with Crippen LogP contribution >= 0.6 is 0 Å². The van der Waals surface area contributed by atoms with E-state index in [1.807, 2.05) is 30.3 Å². The normalized spacial score (nSPS) is 19.1. The Kier molecular flexibility index (Phi) is 7.00. The Labute approximate surface area is 128 Å². The minimum absolute atomic E-state index is 0.360. The molecule has 1 aromatic carbocycles.